The van der Waals surface area contributed by atoms with Crippen LogP contribution in [-0.2, 0) is 4.74 Å². The van der Waals surface area contributed by atoms with Crippen LogP contribution in [0.1, 0.15) is 27.1 Å². The Bertz CT molecular complexity index is 1630. The predicted octanol–water partition coefficient (Wildman–Crippen LogP) is 4.13. The minimum Gasteiger partial charge on any atom is -0.421 e. The summed E-state index contributed by atoms with van der Waals surface area (Å²) in [5, 5.41) is 5.05. The Hall–Kier alpha value is -4.90. The molecule has 2 heterocycles. The largest absolute Gasteiger partial charge is 0.421 e. The number of benzene rings is 3. The molecule has 0 aromatic heterocycles. The van der Waals surface area contributed by atoms with Crippen molar-refractivity contribution in [3.8, 4) is 0 Å². The second-order valence-corrected chi connectivity index (χ2v) is 8.60. The molecule has 3 aromatic carbocycles. The van der Waals surface area contributed by atoms with E-state index in [0.29, 0.717) is 22.6 Å². The normalized spacial score (nSPS) is 15.6. The third-order valence-corrected chi connectivity index (χ3v) is 6.32. The van der Waals surface area contributed by atoms with Gasteiger partial charge in [0.15, 0.2) is 5.76 Å². The van der Waals surface area contributed by atoms with Gasteiger partial charge in [-0.15, -0.1) is 0 Å². The Labute approximate surface area is 208 Å². The summed E-state index contributed by atoms with van der Waals surface area (Å²) < 4.78 is 6.00. The quantitative estimate of drug-likeness (QED) is 0.583. The van der Waals surface area contributed by atoms with Gasteiger partial charge in [-0.25, -0.2) is 4.79 Å². The number of nitrogens with one attached hydrogen (secondary N) is 1. The van der Waals surface area contributed by atoms with Crippen LogP contribution in [0.4, 0.5) is 0 Å². The van der Waals surface area contributed by atoms with E-state index in [1.807, 2.05) is 65.7 Å². The molecule has 1 aliphatic carbocycles. The van der Waals surface area contributed by atoms with E-state index in [0.717, 1.165) is 28.3 Å². The maximum absolute atomic E-state index is 13.1. The Morgan fingerprint density at radius 2 is 1.47 bits per heavy atom. The van der Waals surface area contributed by atoms with Gasteiger partial charge >= 0.3 is 5.97 Å². The standard InChI is InChI=1S/C31H22N2O3/c34-30(21-11-3-1-4-12-21)32-23-19-28(36-31(35)22-13-5-2-6-14-22)29-26-17-8-7-15-24(26)25-16-9-10-18-27(25)33(29)20-23/h1-15,17-20H,16H2,(H,32,34). The van der Waals surface area contributed by atoms with Crippen LogP contribution >= 0.6 is 0 Å². The van der Waals surface area contributed by atoms with Gasteiger partial charge in [-0.05, 0) is 47.6 Å². The summed E-state index contributed by atoms with van der Waals surface area (Å²) in [6.07, 6.45) is 10.6. The lowest BCUT2D eigenvalue weighted by Gasteiger charge is -2.35. The van der Waals surface area contributed by atoms with Crippen LogP contribution in [0.15, 0.2) is 133 Å². The monoisotopic (exact) mass is 470 g/mol. The molecule has 1 N–H and O–H groups in total. The van der Waals surface area contributed by atoms with Crippen molar-refractivity contribution in [1.29, 1.82) is 0 Å². The number of esters is 1. The molecule has 36 heavy (non-hydrogen) atoms. The fourth-order valence-corrected chi connectivity index (χ4v) is 4.67. The molecule has 0 unspecified atom stereocenters. The lowest BCUT2D eigenvalue weighted by Crippen LogP contribution is -2.42. The highest BCUT2D eigenvalue weighted by Gasteiger charge is 2.31. The number of hydrogen-bond donors (Lipinski definition) is 1. The van der Waals surface area contributed by atoms with Crippen molar-refractivity contribution >= 4 is 23.1 Å². The summed E-state index contributed by atoms with van der Waals surface area (Å²) in [5.41, 5.74) is 4.44. The number of carbonyl (C=O) groups excluding carboxylic acids is 2. The van der Waals surface area contributed by atoms with Gasteiger partial charge in [-0.1, -0.05) is 72.8 Å². The number of hydrogen-bond acceptors (Lipinski definition) is 4. The molecule has 1 amide bonds. The van der Waals surface area contributed by atoms with Crippen molar-refractivity contribution in [3.05, 3.63) is 154 Å². The number of ether oxygens (including phenoxy) is 1. The number of fused-ring (bicyclic) bond motifs is 4. The van der Waals surface area contributed by atoms with Gasteiger partial charge in [-0.2, -0.15) is 0 Å². The molecule has 5 heteroatoms. The molecule has 0 saturated carbocycles. The van der Waals surface area contributed by atoms with Gasteiger partial charge in [-0.3, -0.25) is 4.79 Å². The van der Waals surface area contributed by atoms with Gasteiger partial charge in [0.25, 0.3) is 5.91 Å². The van der Waals surface area contributed by atoms with E-state index in [4.69, 9.17) is 4.74 Å². The van der Waals surface area contributed by atoms with Gasteiger partial charge in [0.1, 0.15) is 0 Å². The zero-order chi connectivity index (χ0) is 24.5. The molecule has 6 rings (SSSR count). The molecule has 0 radical (unpaired) electrons. The summed E-state index contributed by atoms with van der Waals surface area (Å²) >= 11 is 0. The number of carbonyl (C=O) groups is 2. The van der Waals surface area contributed by atoms with E-state index in [2.05, 4.69) is 17.5 Å². The molecule has 0 fully saturated rings. The molecule has 3 aliphatic rings. The van der Waals surface area contributed by atoms with Crippen molar-refractivity contribution in [2.24, 2.45) is 0 Å². The SMILES string of the molecule is O=C(NC1=CN2C3=CC=CCC3=c3ccccc3=C2C(OC(=O)c2ccccc2)=C1)c1ccccc1. The third kappa shape index (κ3) is 3.87. The molecule has 0 spiro atoms. The van der Waals surface area contributed by atoms with Crippen LogP contribution in [0.3, 0.4) is 0 Å². The van der Waals surface area contributed by atoms with Crippen LogP contribution in [0, 0.1) is 0 Å². The lowest BCUT2D eigenvalue weighted by molar-refractivity contribution is 0.0634. The topological polar surface area (TPSA) is 58.6 Å². The summed E-state index contributed by atoms with van der Waals surface area (Å²) in [5.74, 6) is -0.333. The summed E-state index contributed by atoms with van der Waals surface area (Å²) in [4.78, 5) is 28.1. The first kappa shape index (κ1) is 21.6. The molecule has 0 saturated heterocycles. The second-order valence-electron chi connectivity index (χ2n) is 8.60. The van der Waals surface area contributed by atoms with E-state index >= 15 is 0 Å². The molecule has 174 valence electrons. The van der Waals surface area contributed by atoms with Crippen molar-refractivity contribution in [1.82, 2.24) is 10.2 Å². The predicted molar refractivity (Wildman–Crippen MR) is 138 cm³/mol. The Morgan fingerprint density at radius 3 is 2.22 bits per heavy atom. The van der Waals surface area contributed by atoms with E-state index in [9.17, 15) is 9.59 Å². The minimum atomic E-state index is -0.463. The van der Waals surface area contributed by atoms with Crippen molar-refractivity contribution in [3.63, 3.8) is 0 Å². The average molecular weight is 471 g/mol. The molecule has 3 aromatic rings. The van der Waals surface area contributed by atoms with E-state index in [1.54, 1.807) is 42.5 Å². The van der Waals surface area contributed by atoms with E-state index in [-0.39, 0.29) is 5.91 Å². The van der Waals surface area contributed by atoms with Gasteiger partial charge < -0.3 is 15.0 Å². The molecule has 0 bridgehead atoms. The van der Waals surface area contributed by atoms with Crippen LogP contribution in [0.5, 0.6) is 0 Å². The zero-order valence-corrected chi connectivity index (χ0v) is 19.3. The maximum atomic E-state index is 13.1. The first-order valence-corrected chi connectivity index (χ1v) is 11.8. The summed E-state index contributed by atoms with van der Waals surface area (Å²) in [6, 6.07) is 26.0. The molecule has 2 aliphatic heterocycles. The molecular formula is C31H22N2O3. The number of allylic oxidation sites excluding steroid dienone is 5. The van der Waals surface area contributed by atoms with Crippen molar-refractivity contribution in [2.75, 3.05) is 0 Å². The van der Waals surface area contributed by atoms with Gasteiger partial charge in [0.2, 0.25) is 0 Å². The first-order valence-electron chi connectivity index (χ1n) is 11.8. The van der Waals surface area contributed by atoms with Crippen LogP contribution in [0.2, 0.25) is 0 Å². The fraction of sp³-hybridized carbons (Fsp3) is 0.0323. The molecule has 5 nitrogen and oxygen atoms in total. The fourth-order valence-electron chi connectivity index (χ4n) is 4.67. The highest BCUT2D eigenvalue weighted by Crippen LogP contribution is 2.36. The third-order valence-electron chi connectivity index (χ3n) is 6.32. The summed E-state index contributed by atoms with van der Waals surface area (Å²) in [6.45, 7) is 0. The number of rotatable bonds is 4. The highest BCUT2D eigenvalue weighted by molar-refractivity contribution is 5.96. The zero-order valence-electron chi connectivity index (χ0n) is 19.3. The van der Waals surface area contributed by atoms with Gasteiger partial charge in [0, 0.05) is 28.8 Å². The average Bonchev–Trinajstić information content (AvgIpc) is 2.94. The lowest BCUT2D eigenvalue weighted by atomic mass is 9.93. The number of amides is 1. The molecule has 0 atom stereocenters. The summed E-state index contributed by atoms with van der Waals surface area (Å²) in [7, 11) is 0. The van der Waals surface area contributed by atoms with E-state index < -0.39 is 5.97 Å². The van der Waals surface area contributed by atoms with Crippen LogP contribution in [-0.4, -0.2) is 16.8 Å². The smallest absolute Gasteiger partial charge is 0.343 e. The second kappa shape index (κ2) is 9.04. The Balaban J connectivity index is 1.49. The Kier molecular flexibility index (Phi) is 5.43. The van der Waals surface area contributed by atoms with Crippen LogP contribution in [0.25, 0.3) is 11.3 Å². The van der Waals surface area contributed by atoms with Gasteiger partial charge in [0.05, 0.1) is 17.0 Å². The first-order chi connectivity index (χ1) is 17.7. The maximum Gasteiger partial charge on any atom is 0.343 e. The van der Waals surface area contributed by atoms with Crippen molar-refractivity contribution in [2.45, 2.75) is 6.42 Å². The Morgan fingerprint density at radius 1 is 0.806 bits per heavy atom. The van der Waals surface area contributed by atoms with Crippen molar-refractivity contribution < 1.29 is 14.3 Å². The van der Waals surface area contributed by atoms with Crippen LogP contribution < -0.4 is 15.8 Å². The minimum absolute atomic E-state index is 0.241. The van der Waals surface area contributed by atoms with E-state index in [1.165, 1.54) is 5.57 Å². The highest BCUT2D eigenvalue weighted by atomic mass is 16.5. The number of nitrogens with zero attached hydrogens (tertiary/aromatic N) is 1. The molecular weight excluding hydrogens is 448 g/mol.